The summed E-state index contributed by atoms with van der Waals surface area (Å²) in [5.41, 5.74) is 2.07. The second kappa shape index (κ2) is 8.79. The lowest BCUT2D eigenvalue weighted by Gasteiger charge is -2.08. The van der Waals surface area contributed by atoms with Gasteiger partial charge in [0.25, 0.3) is 11.8 Å². The molecule has 0 bridgehead atoms. The van der Waals surface area contributed by atoms with Gasteiger partial charge in [0.2, 0.25) is 0 Å². The molecule has 0 aliphatic carbocycles. The minimum absolute atomic E-state index is 0.355. The summed E-state index contributed by atoms with van der Waals surface area (Å²) >= 11 is 0. The third-order valence-electron chi connectivity index (χ3n) is 4.08. The molecule has 0 aliphatic rings. The predicted octanol–water partition coefficient (Wildman–Crippen LogP) is 4.12. The Morgan fingerprint density at radius 2 is 1.03 bits per heavy atom. The number of benzene rings is 3. The number of ether oxygens (including phenoxy) is 1. The molecule has 0 fully saturated rings. The van der Waals surface area contributed by atoms with Crippen LogP contribution in [0.1, 0.15) is 31.1 Å². The summed E-state index contributed by atoms with van der Waals surface area (Å²) in [6.45, 7) is 0. The molecular weight excluding hydrogens is 375 g/mol. The van der Waals surface area contributed by atoms with Crippen molar-refractivity contribution in [2.24, 2.45) is 0 Å². The van der Waals surface area contributed by atoms with E-state index in [-0.39, 0.29) is 11.8 Å². The molecular formula is C22H17FN2O4. The lowest BCUT2D eigenvalue weighted by atomic mass is 10.1. The van der Waals surface area contributed by atoms with Crippen LogP contribution in [0, 0.1) is 5.82 Å². The van der Waals surface area contributed by atoms with E-state index in [1.54, 1.807) is 24.3 Å². The zero-order valence-electron chi connectivity index (χ0n) is 15.4. The fourth-order valence-corrected chi connectivity index (χ4v) is 2.52. The maximum atomic E-state index is 12.9. The molecule has 2 amide bonds. The molecule has 3 aromatic rings. The summed E-state index contributed by atoms with van der Waals surface area (Å²) in [7, 11) is 1.29. The minimum Gasteiger partial charge on any atom is -0.465 e. The van der Waals surface area contributed by atoms with Gasteiger partial charge in [0, 0.05) is 22.5 Å². The van der Waals surface area contributed by atoms with Gasteiger partial charge in [0.1, 0.15) is 5.82 Å². The fourth-order valence-electron chi connectivity index (χ4n) is 2.52. The van der Waals surface area contributed by atoms with Crippen LogP contribution in [-0.2, 0) is 4.74 Å². The smallest absolute Gasteiger partial charge is 0.337 e. The molecule has 0 atom stereocenters. The Kier molecular flexibility index (Phi) is 5.99. The third kappa shape index (κ3) is 5.04. The molecule has 0 aliphatic heterocycles. The van der Waals surface area contributed by atoms with E-state index in [2.05, 4.69) is 15.4 Å². The Balaban J connectivity index is 1.63. The first-order valence-corrected chi connectivity index (χ1v) is 8.63. The average Bonchev–Trinajstić information content (AvgIpc) is 2.75. The van der Waals surface area contributed by atoms with Crippen LogP contribution in [0.25, 0.3) is 0 Å². The molecule has 0 spiro atoms. The first-order valence-electron chi connectivity index (χ1n) is 8.63. The normalized spacial score (nSPS) is 10.1. The van der Waals surface area contributed by atoms with Gasteiger partial charge in [-0.2, -0.15) is 0 Å². The largest absolute Gasteiger partial charge is 0.465 e. The highest BCUT2D eigenvalue weighted by atomic mass is 19.1. The molecule has 0 saturated carbocycles. The average molecular weight is 392 g/mol. The van der Waals surface area contributed by atoms with E-state index in [1.807, 2.05) is 0 Å². The van der Waals surface area contributed by atoms with Crippen molar-refractivity contribution < 1.29 is 23.5 Å². The van der Waals surface area contributed by atoms with Gasteiger partial charge in [-0.05, 0) is 72.8 Å². The van der Waals surface area contributed by atoms with Gasteiger partial charge in [0.05, 0.1) is 12.7 Å². The first kappa shape index (κ1) is 19.8. The molecule has 29 heavy (non-hydrogen) atoms. The highest BCUT2D eigenvalue weighted by molar-refractivity contribution is 6.07. The van der Waals surface area contributed by atoms with Crippen molar-refractivity contribution in [3.05, 3.63) is 95.3 Å². The van der Waals surface area contributed by atoms with Crippen molar-refractivity contribution in [1.29, 1.82) is 0 Å². The summed E-state index contributed by atoms with van der Waals surface area (Å²) in [5, 5.41) is 5.36. The molecule has 0 heterocycles. The van der Waals surface area contributed by atoms with Gasteiger partial charge in [-0.25, -0.2) is 9.18 Å². The number of amides is 2. The van der Waals surface area contributed by atoms with Gasteiger partial charge >= 0.3 is 5.97 Å². The number of rotatable bonds is 5. The summed E-state index contributed by atoms with van der Waals surface area (Å²) in [6, 6.07) is 17.8. The predicted molar refractivity (Wildman–Crippen MR) is 107 cm³/mol. The highest BCUT2D eigenvalue weighted by Crippen LogP contribution is 2.14. The van der Waals surface area contributed by atoms with Crippen molar-refractivity contribution in [2.75, 3.05) is 17.7 Å². The molecule has 3 rings (SSSR count). The van der Waals surface area contributed by atoms with Crippen LogP contribution in [-0.4, -0.2) is 24.9 Å². The van der Waals surface area contributed by atoms with E-state index in [1.165, 1.54) is 55.6 Å². The lowest BCUT2D eigenvalue weighted by Crippen LogP contribution is -2.14. The fraction of sp³-hybridized carbons (Fsp3) is 0.0455. The van der Waals surface area contributed by atoms with Crippen LogP contribution < -0.4 is 10.6 Å². The van der Waals surface area contributed by atoms with E-state index in [4.69, 9.17) is 0 Å². The Bertz CT molecular complexity index is 1030. The second-order valence-corrected chi connectivity index (χ2v) is 6.06. The van der Waals surface area contributed by atoms with E-state index in [0.717, 1.165) is 0 Å². The summed E-state index contributed by atoms with van der Waals surface area (Å²) in [4.78, 5) is 36.0. The van der Waals surface area contributed by atoms with Crippen molar-refractivity contribution in [3.63, 3.8) is 0 Å². The van der Waals surface area contributed by atoms with Crippen molar-refractivity contribution in [3.8, 4) is 0 Å². The van der Waals surface area contributed by atoms with Crippen molar-refractivity contribution in [1.82, 2.24) is 0 Å². The van der Waals surface area contributed by atoms with Crippen LogP contribution in [0.15, 0.2) is 72.8 Å². The van der Waals surface area contributed by atoms with E-state index < -0.39 is 11.8 Å². The number of carbonyl (C=O) groups is 3. The van der Waals surface area contributed by atoms with E-state index >= 15 is 0 Å². The zero-order valence-corrected chi connectivity index (χ0v) is 15.4. The standard InChI is InChI=1S/C22H17FN2O4/c1-29-22(28)16-6-10-18(11-7-16)24-20(26)14-2-4-15(5-3-14)21(27)25-19-12-8-17(23)9-13-19/h2-13H,1H3,(H,24,26)(H,25,27). The molecule has 0 aromatic heterocycles. The number of hydrogen-bond donors (Lipinski definition) is 2. The number of esters is 1. The number of methoxy groups -OCH3 is 1. The van der Waals surface area contributed by atoms with Crippen LogP contribution in [0.2, 0.25) is 0 Å². The molecule has 3 aromatic carbocycles. The monoisotopic (exact) mass is 392 g/mol. The Morgan fingerprint density at radius 1 is 0.655 bits per heavy atom. The highest BCUT2D eigenvalue weighted by Gasteiger charge is 2.11. The minimum atomic E-state index is -0.461. The molecule has 2 N–H and O–H groups in total. The molecule has 6 nitrogen and oxygen atoms in total. The summed E-state index contributed by atoms with van der Waals surface area (Å²) < 4.78 is 17.5. The Morgan fingerprint density at radius 3 is 1.45 bits per heavy atom. The molecule has 0 saturated heterocycles. The van der Waals surface area contributed by atoms with E-state index in [9.17, 15) is 18.8 Å². The van der Waals surface area contributed by atoms with Gasteiger partial charge in [-0.15, -0.1) is 0 Å². The lowest BCUT2D eigenvalue weighted by molar-refractivity contribution is 0.0600. The van der Waals surface area contributed by atoms with Gasteiger partial charge in [0.15, 0.2) is 0 Å². The van der Waals surface area contributed by atoms with E-state index in [0.29, 0.717) is 28.1 Å². The van der Waals surface area contributed by atoms with Crippen LogP contribution in [0.3, 0.4) is 0 Å². The third-order valence-corrected chi connectivity index (χ3v) is 4.08. The van der Waals surface area contributed by atoms with Gasteiger partial charge in [-0.3, -0.25) is 9.59 Å². The van der Waals surface area contributed by atoms with Crippen molar-refractivity contribution in [2.45, 2.75) is 0 Å². The topological polar surface area (TPSA) is 84.5 Å². The Labute approximate surface area is 166 Å². The Hall–Kier alpha value is -4.00. The number of nitrogens with one attached hydrogen (secondary N) is 2. The second-order valence-electron chi connectivity index (χ2n) is 6.06. The number of hydrogen-bond acceptors (Lipinski definition) is 4. The molecule has 146 valence electrons. The zero-order chi connectivity index (χ0) is 20.8. The SMILES string of the molecule is COC(=O)c1ccc(NC(=O)c2ccc(C(=O)Nc3ccc(F)cc3)cc2)cc1. The maximum absolute atomic E-state index is 12.9. The van der Waals surface area contributed by atoms with Crippen molar-refractivity contribution >= 4 is 29.2 Å². The quantitative estimate of drug-likeness (QED) is 0.640. The molecule has 7 heteroatoms. The summed E-state index contributed by atoms with van der Waals surface area (Å²) in [6.07, 6.45) is 0. The number of anilines is 2. The number of carbonyl (C=O) groups excluding carboxylic acids is 3. The van der Waals surface area contributed by atoms with Crippen LogP contribution in [0.5, 0.6) is 0 Å². The van der Waals surface area contributed by atoms with Crippen LogP contribution >= 0.6 is 0 Å². The molecule has 0 radical (unpaired) electrons. The van der Waals surface area contributed by atoms with Gasteiger partial charge < -0.3 is 15.4 Å². The molecule has 0 unspecified atom stereocenters. The van der Waals surface area contributed by atoms with Gasteiger partial charge in [-0.1, -0.05) is 0 Å². The van der Waals surface area contributed by atoms with Crippen LogP contribution in [0.4, 0.5) is 15.8 Å². The first-order chi connectivity index (χ1) is 14.0. The maximum Gasteiger partial charge on any atom is 0.337 e. The number of halogens is 1. The summed E-state index contributed by atoms with van der Waals surface area (Å²) in [5.74, 6) is -1.58.